The van der Waals surface area contributed by atoms with Crippen LogP contribution >= 0.6 is 0 Å². The van der Waals surface area contributed by atoms with Crippen molar-refractivity contribution in [1.29, 1.82) is 0 Å². The lowest BCUT2D eigenvalue weighted by atomic mass is 10.2. The summed E-state index contributed by atoms with van der Waals surface area (Å²) in [7, 11) is 0. The normalized spacial score (nSPS) is 14.4. The molecule has 0 bridgehead atoms. The van der Waals surface area contributed by atoms with E-state index in [-0.39, 0.29) is 11.1 Å². The van der Waals surface area contributed by atoms with Crippen molar-refractivity contribution < 1.29 is 8.78 Å². The molecule has 1 aliphatic carbocycles. The molecule has 3 nitrogen and oxygen atoms in total. The summed E-state index contributed by atoms with van der Waals surface area (Å²) >= 11 is 0. The van der Waals surface area contributed by atoms with Crippen molar-refractivity contribution in [2.45, 2.75) is 32.4 Å². The minimum absolute atomic E-state index is 0.0892. The summed E-state index contributed by atoms with van der Waals surface area (Å²) < 4.78 is 28.8. The molecule has 0 radical (unpaired) electrons. The lowest BCUT2D eigenvalue weighted by molar-refractivity contribution is 0.590. The van der Waals surface area contributed by atoms with Crippen LogP contribution in [0.2, 0.25) is 0 Å². The SMILES string of the molecule is Cc1cc(=O)c(CNC2CC2)cn1-c1cc(F)ccc1F. The molecule has 3 rings (SSSR count). The molecule has 0 saturated heterocycles. The van der Waals surface area contributed by atoms with E-state index in [2.05, 4.69) is 5.32 Å². The summed E-state index contributed by atoms with van der Waals surface area (Å²) in [5, 5.41) is 3.26. The van der Waals surface area contributed by atoms with Crippen LogP contribution in [-0.4, -0.2) is 10.6 Å². The molecule has 0 spiro atoms. The molecule has 0 amide bonds. The van der Waals surface area contributed by atoms with Gasteiger partial charge in [0.2, 0.25) is 0 Å². The van der Waals surface area contributed by atoms with Gasteiger partial charge in [-0.05, 0) is 31.9 Å². The molecule has 0 aliphatic heterocycles. The molecule has 1 aromatic carbocycles. The van der Waals surface area contributed by atoms with Gasteiger partial charge in [0.05, 0.1) is 5.69 Å². The number of hydrogen-bond donors (Lipinski definition) is 1. The molecule has 1 heterocycles. The van der Waals surface area contributed by atoms with E-state index in [1.165, 1.54) is 10.6 Å². The number of aryl methyl sites for hydroxylation is 1. The van der Waals surface area contributed by atoms with E-state index in [1.807, 2.05) is 0 Å². The second-order valence-electron chi connectivity index (χ2n) is 5.43. The van der Waals surface area contributed by atoms with Crippen LogP contribution in [0, 0.1) is 18.6 Å². The van der Waals surface area contributed by atoms with E-state index in [0.29, 0.717) is 23.8 Å². The quantitative estimate of drug-likeness (QED) is 0.939. The van der Waals surface area contributed by atoms with Crippen LogP contribution in [0.25, 0.3) is 5.69 Å². The van der Waals surface area contributed by atoms with E-state index in [1.54, 1.807) is 13.1 Å². The zero-order valence-electron chi connectivity index (χ0n) is 11.7. The number of benzene rings is 1. The number of pyridine rings is 1. The molecule has 1 saturated carbocycles. The van der Waals surface area contributed by atoms with E-state index in [0.717, 1.165) is 31.0 Å². The van der Waals surface area contributed by atoms with Gasteiger partial charge < -0.3 is 9.88 Å². The molecular formula is C16H16F2N2O. The fraction of sp³-hybridized carbons (Fsp3) is 0.312. The minimum Gasteiger partial charge on any atom is -0.318 e. The van der Waals surface area contributed by atoms with Gasteiger partial charge in [0.1, 0.15) is 11.6 Å². The molecular weight excluding hydrogens is 274 g/mol. The Hall–Kier alpha value is -2.01. The third kappa shape index (κ3) is 3.03. The molecule has 0 unspecified atom stereocenters. The second kappa shape index (κ2) is 5.41. The molecule has 1 fully saturated rings. The smallest absolute Gasteiger partial charge is 0.186 e. The molecule has 2 aromatic rings. The number of halogens is 2. The van der Waals surface area contributed by atoms with Gasteiger partial charge in [-0.1, -0.05) is 0 Å². The summed E-state index contributed by atoms with van der Waals surface area (Å²) in [6.07, 6.45) is 3.84. The molecule has 1 aliphatic rings. The van der Waals surface area contributed by atoms with Gasteiger partial charge in [0.15, 0.2) is 5.43 Å². The topological polar surface area (TPSA) is 34.0 Å². The number of nitrogens with zero attached hydrogens (tertiary/aromatic N) is 1. The van der Waals surface area contributed by atoms with Gasteiger partial charge in [-0.25, -0.2) is 8.78 Å². The third-order valence-corrected chi connectivity index (χ3v) is 3.65. The Morgan fingerprint density at radius 2 is 2.05 bits per heavy atom. The van der Waals surface area contributed by atoms with Crippen LogP contribution in [0.15, 0.2) is 35.3 Å². The number of aromatic nitrogens is 1. The van der Waals surface area contributed by atoms with E-state index < -0.39 is 11.6 Å². The zero-order valence-corrected chi connectivity index (χ0v) is 11.7. The van der Waals surface area contributed by atoms with E-state index in [9.17, 15) is 13.6 Å². The van der Waals surface area contributed by atoms with Crippen molar-refractivity contribution in [3.63, 3.8) is 0 Å². The minimum atomic E-state index is -0.524. The highest BCUT2D eigenvalue weighted by atomic mass is 19.1. The van der Waals surface area contributed by atoms with Crippen molar-refractivity contribution in [1.82, 2.24) is 9.88 Å². The molecule has 0 atom stereocenters. The van der Waals surface area contributed by atoms with Crippen LogP contribution in [0.3, 0.4) is 0 Å². The highest BCUT2D eigenvalue weighted by molar-refractivity contribution is 5.37. The van der Waals surface area contributed by atoms with Gasteiger partial charge in [0.25, 0.3) is 0 Å². The molecule has 21 heavy (non-hydrogen) atoms. The van der Waals surface area contributed by atoms with Crippen molar-refractivity contribution in [2.24, 2.45) is 0 Å². The van der Waals surface area contributed by atoms with E-state index >= 15 is 0 Å². The lowest BCUT2D eigenvalue weighted by Crippen LogP contribution is -2.23. The number of hydrogen-bond acceptors (Lipinski definition) is 2. The average Bonchev–Trinajstić information content (AvgIpc) is 3.25. The Morgan fingerprint density at radius 1 is 1.29 bits per heavy atom. The van der Waals surface area contributed by atoms with Crippen molar-refractivity contribution in [3.8, 4) is 5.69 Å². The maximum atomic E-state index is 13.9. The first-order valence-corrected chi connectivity index (χ1v) is 6.95. The Labute approximate surface area is 121 Å². The Bertz CT molecular complexity index is 736. The third-order valence-electron chi connectivity index (χ3n) is 3.65. The first-order chi connectivity index (χ1) is 10.0. The Morgan fingerprint density at radius 3 is 2.76 bits per heavy atom. The highest BCUT2D eigenvalue weighted by Gasteiger charge is 2.20. The van der Waals surface area contributed by atoms with Gasteiger partial charge in [-0.3, -0.25) is 4.79 Å². The molecule has 110 valence electrons. The maximum Gasteiger partial charge on any atom is 0.186 e. The Balaban J connectivity index is 2.02. The summed E-state index contributed by atoms with van der Waals surface area (Å²) in [6, 6.07) is 5.22. The Kier molecular flexibility index (Phi) is 3.59. The number of rotatable bonds is 4. The summed E-state index contributed by atoms with van der Waals surface area (Å²) in [5.74, 6) is -1.04. The van der Waals surface area contributed by atoms with Gasteiger partial charge in [-0.15, -0.1) is 0 Å². The van der Waals surface area contributed by atoms with Crippen molar-refractivity contribution >= 4 is 0 Å². The van der Waals surface area contributed by atoms with Crippen LogP contribution in [0.5, 0.6) is 0 Å². The van der Waals surface area contributed by atoms with Gasteiger partial charge in [0, 0.05) is 42.2 Å². The summed E-state index contributed by atoms with van der Waals surface area (Å²) in [6.45, 7) is 2.14. The summed E-state index contributed by atoms with van der Waals surface area (Å²) in [4.78, 5) is 12.0. The lowest BCUT2D eigenvalue weighted by Gasteiger charge is -2.14. The van der Waals surface area contributed by atoms with Crippen LogP contribution < -0.4 is 10.7 Å². The second-order valence-corrected chi connectivity index (χ2v) is 5.43. The van der Waals surface area contributed by atoms with E-state index in [4.69, 9.17) is 0 Å². The van der Waals surface area contributed by atoms with Crippen LogP contribution in [-0.2, 0) is 6.54 Å². The zero-order chi connectivity index (χ0) is 15.0. The summed E-state index contributed by atoms with van der Waals surface area (Å²) in [5.41, 5.74) is 1.14. The fourth-order valence-electron chi connectivity index (χ4n) is 2.28. The predicted octanol–water partition coefficient (Wildman–Crippen LogP) is 2.68. The largest absolute Gasteiger partial charge is 0.318 e. The van der Waals surface area contributed by atoms with Crippen molar-refractivity contribution in [3.05, 3.63) is 63.6 Å². The molecule has 1 aromatic heterocycles. The predicted molar refractivity (Wildman–Crippen MR) is 76.6 cm³/mol. The maximum absolute atomic E-state index is 13.9. The number of nitrogens with one attached hydrogen (secondary N) is 1. The van der Waals surface area contributed by atoms with Crippen LogP contribution in [0.1, 0.15) is 24.1 Å². The highest BCUT2D eigenvalue weighted by Crippen LogP contribution is 2.20. The van der Waals surface area contributed by atoms with Gasteiger partial charge >= 0.3 is 0 Å². The van der Waals surface area contributed by atoms with Gasteiger partial charge in [-0.2, -0.15) is 0 Å². The first kappa shape index (κ1) is 13.9. The average molecular weight is 290 g/mol. The first-order valence-electron chi connectivity index (χ1n) is 6.95. The standard InChI is InChI=1S/C16H16F2N2O/c1-10-6-16(21)11(8-19-13-3-4-13)9-20(10)15-7-12(17)2-5-14(15)18/h2,5-7,9,13,19H,3-4,8H2,1H3. The van der Waals surface area contributed by atoms with Crippen molar-refractivity contribution in [2.75, 3.05) is 0 Å². The van der Waals surface area contributed by atoms with Crippen LogP contribution in [0.4, 0.5) is 8.78 Å². The monoisotopic (exact) mass is 290 g/mol. The molecule has 5 heteroatoms. The molecule has 1 N–H and O–H groups in total. The fourth-order valence-corrected chi connectivity index (χ4v) is 2.28.